The lowest BCUT2D eigenvalue weighted by Crippen LogP contribution is -2.67. The number of carbonyl (C=O) groups excluding carboxylic acids is 4. The average molecular weight is 340 g/mol. The Bertz CT molecular complexity index is 823. The maximum Gasteiger partial charge on any atom is 0.235 e. The molecule has 0 aliphatic heterocycles. The van der Waals surface area contributed by atoms with E-state index < -0.39 is 34.3 Å². The van der Waals surface area contributed by atoms with Crippen LogP contribution in [0.3, 0.4) is 0 Å². The molecule has 2 aliphatic rings. The van der Waals surface area contributed by atoms with E-state index >= 15 is 0 Å². The van der Waals surface area contributed by atoms with Crippen LogP contribution in [0.25, 0.3) is 0 Å². The van der Waals surface area contributed by atoms with E-state index in [9.17, 15) is 29.4 Å². The summed E-state index contributed by atoms with van der Waals surface area (Å²) < 4.78 is 0. The first-order valence-corrected chi connectivity index (χ1v) is 7.17. The minimum atomic E-state index is -3.16. The molecule has 0 spiro atoms. The van der Waals surface area contributed by atoms with E-state index in [2.05, 4.69) is 0 Å². The highest BCUT2D eigenvalue weighted by Gasteiger charge is 2.73. The van der Waals surface area contributed by atoms with Crippen molar-refractivity contribution >= 4 is 23.1 Å². The molecule has 4 rings (SSSR count). The molecule has 25 heavy (non-hydrogen) atoms. The van der Waals surface area contributed by atoms with Crippen molar-refractivity contribution in [3.05, 3.63) is 70.8 Å². The number of hydrogen-bond acceptors (Lipinski definition) is 6. The first kappa shape index (κ1) is 16.8. The number of fused-ring (bicyclic) bond motifs is 2. The summed E-state index contributed by atoms with van der Waals surface area (Å²) in [7, 11) is 0. The highest BCUT2D eigenvalue weighted by Crippen LogP contribution is 2.44. The molecule has 0 aromatic heterocycles. The number of Topliss-reactive ketones (excluding diaryl/α,β-unsaturated/α-hetero) is 4. The van der Waals surface area contributed by atoms with Crippen LogP contribution in [0.15, 0.2) is 48.5 Å². The van der Waals surface area contributed by atoms with Crippen molar-refractivity contribution in [2.75, 3.05) is 0 Å². The van der Waals surface area contributed by atoms with Crippen LogP contribution in [0.5, 0.6) is 0 Å². The number of carbonyl (C=O) groups is 4. The van der Waals surface area contributed by atoms with Gasteiger partial charge < -0.3 is 15.7 Å². The van der Waals surface area contributed by atoms with E-state index in [4.69, 9.17) is 0 Å². The molecule has 2 aromatic rings. The Morgan fingerprint density at radius 3 is 0.920 bits per heavy atom. The number of rotatable bonds is 1. The summed E-state index contributed by atoms with van der Waals surface area (Å²) in [5.41, 5.74) is -6.84. The van der Waals surface area contributed by atoms with Crippen molar-refractivity contribution in [2.24, 2.45) is 0 Å². The third-order valence-corrected chi connectivity index (χ3v) is 4.67. The van der Waals surface area contributed by atoms with E-state index in [1.165, 1.54) is 48.5 Å². The fourth-order valence-corrected chi connectivity index (χ4v) is 3.40. The van der Waals surface area contributed by atoms with Crippen LogP contribution in [0, 0.1) is 0 Å². The normalized spacial score (nSPS) is 19.4. The van der Waals surface area contributed by atoms with Gasteiger partial charge in [0, 0.05) is 22.3 Å². The van der Waals surface area contributed by atoms with Crippen molar-refractivity contribution in [3.63, 3.8) is 0 Å². The van der Waals surface area contributed by atoms with Crippen LogP contribution in [0.4, 0.5) is 0 Å². The van der Waals surface area contributed by atoms with E-state index in [0.29, 0.717) is 0 Å². The molecule has 0 unspecified atom stereocenters. The summed E-state index contributed by atoms with van der Waals surface area (Å²) in [5.74, 6) is -4.61. The van der Waals surface area contributed by atoms with Crippen molar-refractivity contribution in [1.82, 2.24) is 0 Å². The lowest BCUT2D eigenvalue weighted by atomic mass is 9.75. The standard InChI is InChI=1S/C18H10O6.H2O/c19-13-9-5-1-2-6-10(9)14(20)17(13,23)18(24)15(21)11-7-3-4-8-12(11)16(18)22;/h1-8,23-24H;1H2. The van der Waals surface area contributed by atoms with Crippen molar-refractivity contribution in [2.45, 2.75) is 11.2 Å². The minimum Gasteiger partial charge on any atom is -0.412 e. The monoisotopic (exact) mass is 340 g/mol. The van der Waals surface area contributed by atoms with Gasteiger partial charge in [-0.15, -0.1) is 0 Å². The average Bonchev–Trinajstić information content (AvgIpc) is 2.94. The van der Waals surface area contributed by atoms with Gasteiger partial charge in [0.2, 0.25) is 34.3 Å². The molecule has 0 fully saturated rings. The molecule has 7 heteroatoms. The van der Waals surface area contributed by atoms with Crippen LogP contribution < -0.4 is 0 Å². The highest BCUT2D eigenvalue weighted by molar-refractivity contribution is 6.43. The SMILES string of the molecule is O.O=C1c2ccccc2C(=O)C1(O)C1(O)C(=O)c2ccccc2C1=O. The molecule has 0 bridgehead atoms. The molecular formula is C18H12O7. The summed E-state index contributed by atoms with van der Waals surface area (Å²) in [6, 6.07) is 11.1. The van der Waals surface area contributed by atoms with Gasteiger partial charge in [0.05, 0.1) is 0 Å². The van der Waals surface area contributed by atoms with Gasteiger partial charge >= 0.3 is 0 Å². The molecule has 0 heterocycles. The Morgan fingerprint density at radius 2 is 0.720 bits per heavy atom. The molecule has 0 saturated heterocycles. The summed E-state index contributed by atoms with van der Waals surface area (Å²) in [5, 5.41) is 21.7. The molecule has 7 nitrogen and oxygen atoms in total. The smallest absolute Gasteiger partial charge is 0.235 e. The summed E-state index contributed by atoms with van der Waals surface area (Å²) >= 11 is 0. The van der Waals surface area contributed by atoms with Crippen LogP contribution >= 0.6 is 0 Å². The summed E-state index contributed by atoms with van der Waals surface area (Å²) in [6.45, 7) is 0. The second-order valence-electron chi connectivity index (χ2n) is 5.83. The largest absolute Gasteiger partial charge is 0.412 e. The lowest BCUT2D eigenvalue weighted by molar-refractivity contribution is -0.0585. The molecule has 2 aliphatic carbocycles. The van der Waals surface area contributed by atoms with E-state index in [0.717, 1.165) is 0 Å². The highest BCUT2D eigenvalue weighted by atomic mass is 16.4. The predicted molar refractivity (Wildman–Crippen MR) is 83.7 cm³/mol. The number of hydrogen-bond donors (Lipinski definition) is 2. The first-order valence-electron chi connectivity index (χ1n) is 7.17. The predicted octanol–water partition coefficient (Wildman–Crippen LogP) is -0.218. The zero-order valence-corrected chi connectivity index (χ0v) is 12.6. The Labute approximate surface area is 140 Å². The van der Waals surface area contributed by atoms with E-state index in [-0.39, 0.29) is 27.7 Å². The van der Waals surface area contributed by atoms with E-state index in [1.807, 2.05) is 0 Å². The molecule has 126 valence electrons. The van der Waals surface area contributed by atoms with Gasteiger partial charge in [0.25, 0.3) is 0 Å². The van der Waals surface area contributed by atoms with Crippen molar-refractivity contribution in [1.29, 1.82) is 0 Å². The van der Waals surface area contributed by atoms with Crippen molar-refractivity contribution in [3.8, 4) is 0 Å². The number of aliphatic hydroxyl groups is 2. The van der Waals surface area contributed by atoms with Crippen LogP contribution in [-0.2, 0) is 0 Å². The lowest BCUT2D eigenvalue weighted by Gasteiger charge is -2.32. The van der Waals surface area contributed by atoms with Crippen LogP contribution in [0.2, 0.25) is 0 Å². The zero-order chi connectivity index (χ0) is 17.3. The van der Waals surface area contributed by atoms with Gasteiger partial charge in [0.1, 0.15) is 0 Å². The zero-order valence-electron chi connectivity index (χ0n) is 12.6. The summed E-state index contributed by atoms with van der Waals surface area (Å²) in [4.78, 5) is 50.5. The van der Waals surface area contributed by atoms with Crippen LogP contribution in [0.1, 0.15) is 41.4 Å². The second kappa shape index (κ2) is 5.00. The summed E-state index contributed by atoms with van der Waals surface area (Å²) in [6.07, 6.45) is 0. The van der Waals surface area contributed by atoms with E-state index in [1.54, 1.807) is 0 Å². The fraction of sp³-hybridized carbons (Fsp3) is 0.111. The van der Waals surface area contributed by atoms with Gasteiger partial charge in [-0.25, -0.2) is 0 Å². The van der Waals surface area contributed by atoms with Gasteiger partial charge in [-0.1, -0.05) is 48.5 Å². The molecule has 0 radical (unpaired) electrons. The van der Waals surface area contributed by atoms with Crippen molar-refractivity contribution < 1.29 is 34.9 Å². The Balaban J connectivity index is 0.00000182. The molecule has 0 atom stereocenters. The molecular weight excluding hydrogens is 328 g/mol. The van der Waals surface area contributed by atoms with Gasteiger partial charge in [-0.2, -0.15) is 0 Å². The second-order valence-corrected chi connectivity index (χ2v) is 5.83. The van der Waals surface area contributed by atoms with Gasteiger partial charge in [-0.05, 0) is 0 Å². The topological polar surface area (TPSA) is 140 Å². The number of benzene rings is 2. The maximum absolute atomic E-state index is 12.6. The third-order valence-electron chi connectivity index (χ3n) is 4.67. The molecule has 2 aromatic carbocycles. The Hall–Kier alpha value is -3.00. The quantitative estimate of drug-likeness (QED) is 0.688. The molecule has 4 N–H and O–H groups in total. The first-order chi connectivity index (χ1) is 11.3. The fourth-order valence-electron chi connectivity index (χ4n) is 3.40. The van der Waals surface area contributed by atoms with Crippen LogP contribution in [-0.4, -0.2) is 50.0 Å². The molecule has 0 saturated carbocycles. The minimum absolute atomic E-state index is 0. The Kier molecular flexibility index (Phi) is 3.37. The van der Waals surface area contributed by atoms with Gasteiger partial charge in [0.15, 0.2) is 0 Å². The number of ketones is 4. The molecule has 0 amide bonds. The Morgan fingerprint density at radius 1 is 0.520 bits per heavy atom. The third kappa shape index (κ3) is 1.64. The van der Waals surface area contributed by atoms with Gasteiger partial charge in [-0.3, -0.25) is 19.2 Å². The maximum atomic E-state index is 12.6.